The summed E-state index contributed by atoms with van der Waals surface area (Å²) in [6.07, 6.45) is 1.47. The molecule has 1 aromatic carbocycles. The molecule has 2 heterocycles. The summed E-state index contributed by atoms with van der Waals surface area (Å²) in [5.74, 6) is -0.524. The van der Waals surface area contributed by atoms with E-state index < -0.39 is 21.7 Å². The molecule has 0 spiro atoms. The number of aliphatic carboxylic acids is 1. The Morgan fingerprint density at radius 3 is 2.57 bits per heavy atom. The second-order valence-corrected chi connectivity index (χ2v) is 7.23. The van der Waals surface area contributed by atoms with E-state index >= 15 is 0 Å². The monoisotopic (exact) mass is 313 g/mol. The number of hydrogen-bond donors (Lipinski definition) is 2. The van der Waals surface area contributed by atoms with Crippen LogP contribution < -0.4 is 14.8 Å². The minimum Gasteiger partial charge on any atom is -0.481 e. The van der Waals surface area contributed by atoms with Gasteiger partial charge in [-0.1, -0.05) is 0 Å². The normalized spacial score (nSPS) is 24.2. The van der Waals surface area contributed by atoms with Crippen LogP contribution in [0, 0.1) is 5.92 Å². The summed E-state index contributed by atoms with van der Waals surface area (Å²) in [4.78, 5) is 11.2. The fourth-order valence-corrected chi connectivity index (χ4v) is 3.64. The van der Waals surface area contributed by atoms with Gasteiger partial charge in [-0.05, 0) is 18.1 Å². The van der Waals surface area contributed by atoms with E-state index in [1.54, 1.807) is 6.07 Å². The highest BCUT2D eigenvalue weighted by Gasteiger charge is 2.34. The van der Waals surface area contributed by atoms with Gasteiger partial charge in [0.1, 0.15) is 0 Å². The summed E-state index contributed by atoms with van der Waals surface area (Å²) in [6.45, 7) is 0.371. The van der Waals surface area contributed by atoms with Crippen molar-refractivity contribution in [3.63, 3.8) is 0 Å². The van der Waals surface area contributed by atoms with E-state index in [0.717, 1.165) is 6.26 Å². The van der Waals surface area contributed by atoms with Gasteiger partial charge in [-0.25, -0.2) is 8.42 Å². The lowest BCUT2D eigenvalue weighted by Gasteiger charge is -2.16. The van der Waals surface area contributed by atoms with E-state index in [-0.39, 0.29) is 17.7 Å². The highest BCUT2D eigenvalue weighted by Crippen LogP contribution is 2.41. The van der Waals surface area contributed by atoms with Gasteiger partial charge in [-0.2, -0.15) is 0 Å². The molecule has 3 rings (SSSR count). The molecule has 2 atom stereocenters. The van der Waals surface area contributed by atoms with Crippen LogP contribution in [0.1, 0.15) is 18.0 Å². The number of carbonyl (C=O) groups is 1. The lowest BCUT2D eigenvalue weighted by atomic mass is 9.99. The maximum absolute atomic E-state index is 12.0. The Balaban J connectivity index is 2.03. The summed E-state index contributed by atoms with van der Waals surface area (Å²) in [6, 6.07) is 2.74. The van der Waals surface area contributed by atoms with Crippen LogP contribution in [-0.4, -0.2) is 39.1 Å². The maximum atomic E-state index is 12.0. The van der Waals surface area contributed by atoms with Crippen LogP contribution in [0.4, 0.5) is 0 Å². The zero-order valence-corrected chi connectivity index (χ0v) is 12.1. The smallest absolute Gasteiger partial charge is 0.307 e. The van der Waals surface area contributed by atoms with Crippen molar-refractivity contribution in [1.82, 2.24) is 5.32 Å². The van der Waals surface area contributed by atoms with E-state index in [1.807, 2.05) is 0 Å². The molecule has 0 amide bonds. The predicted molar refractivity (Wildman–Crippen MR) is 72.2 cm³/mol. The first kappa shape index (κ1) is 14.2. The van der Waals surface area contributed by atoms with Gasteiger partial charge in [-0.3, -0.25) is 4.79 Å². The van der Waals surface area contributed by atoms with Crippen molar-refractivity contribution in [2.24, 2.45) is 5.92 Å². The molecule has 114 valence electrons. The van der Waals surface area contributed by atoms with Crippen LogP contribution in [0.5, 0.6) is 11.5 Å². The first-order valence-electron chi connectivity index (χ1n) is 6.46. The first-order valence-corrected chi connectivity index (χ1v) is 8.35. The number of hydrogen-bond acceptors (Lipinski definition) is 6. The molecule has 2 unspecified atom stereocenters. The number of nitrogens with one attached hydrogen (secondary N) is 1. The standard InChI is InChI=1S/C13H15NO6S/c1-21(17,18)12-4-11-10(19-6-20-11)3-8(12)9-2-7(5-14-9)13(15)16/h3-4,7,9,14H,2,5-6H2,1H3,(H,15,16). The minimum atomic E-state index is -3.45. The van der Waals surface area contributed by atoms with Gasteiger partial charge in [0.15, 0.2) is 21.3 Å². The van der Waals surface area contributed by atoms with Crippen LogP contribution in [0.15, 0.2) is 17.0 Å². The predicted octanol–water partition coefficient (Wildman–Crippen LogP) is 0.554. The van der Waals surface area contributed by atoms with Crippen LogP contribution in [0.3, 0.4) is 0 Å². The Labute approximate surface area is 121 Å². The molecule has 21 heavy (non-hydrogen) atoms. The van der Waals surface area contributed by atoms with Crippen molar-refractivity contribution >= 4 is 15.8 Å². The highest BCUT2D eigenvalue weighted by molar-refractivity contribution is 7.90. The number of ether oxygens (including phenoxy) is 2. The van der Waals surface area contributed by atoms with Gasteiger partial charge in [0, 0.05) is 24.9 Å². The zero-order chi connectivity index (χ0) is 15.2. The molecule has 7 nitrogen and oxygen atoms in total. The summed E-state index contributed by atoms with van der Waals surface area (Å²) >= 11 is 0. The largest absolute Gasteiger partial charge is 0.481 e. The van der Waals surface area contributed by atoms with E-state index in [4.69, 9.17) is 14.6 Å². The number of sulfone groups is 1. The highest BCUT2D eigenvalue weighted by atomic mass is 32.2. The molecule has 2 N–H and O–H groups in total. The van der Waals surface area contributed by atoms with Gasteiger partial charge in [-0.15, -0.1) is 0 Å². The Hall–Kier alpha value is -1.80. The van der Waals surface area contributed by atoms with Crippen molar-refractivity contribution < 1.29 is 27.8 Å². The lowest BCUT2D eigenvalue weighted by Crippen LogP contribution is -2.18. The summed E-state index contributed by atoms with van der Waals surface area (Å²) in [5.41, 5.74) is 0.533. The lowest BCUT2D eigenvalue weighted by molar-refractivity contribution is -0.141. The number of carboxylic acid groups (broad SMARTS) is 1. The molecule has 8 heteroatoms. The van der Waals surface area contributed by atoms with Gasteiger partial charge in [0.25, 0.3) is 0 Å². The minimum absolute atomic E-state index is 0.0534. The van der Waals surface area contributed by atoms with Crippen molar-refractivity contribution in [1.29, 1.82) is 0 Å². The average molecular weight is 313 g/mol. The van der Waals surface area contributed by atoms with Gasteiger partial charge in [0.05, 0.1) is 10.8 Å². The quantitative estimate of drug-likeness (QED) is 0.840. The Kier molecular flexibility index (Phi) is 3.29. The third kappa shape index (κ3) is 2.56. The molecule has 0 aromatic heterocycles. The van der Waals surface area contributed by atoms with Crippen LogP contribution in [0.25, 0.3) is 0 Å². The second kappa shape index (κ2) is 4.88. The Bertz CT molecular complexity index is 699. The Morgan fingerprint density at radius 2 is 2.00 bits per heavy atom. The van der Waals surface area contributed by atoms with Crippen molar-refractivity contribution in [3.05, 3.63) is 17.7 Å². The zero-order valence-electron chi connectivity index (χ0n) is 11.3. The molecule has 0 radical (unpaired) electrons. The topological polar surface area (TPSA) is 102 Å². The first-order chi connectivity index (χ1) is 9.86. The van der Waals surface area contributed by atoms with E-state index in [0.29, 0.717) is 30.0 Å². The Morgan fingerprint density at radius 1 is 1.33 bits per heavy atom. The molecule has 0 aliphatic carbocycles. The van der Waals surface area contributed by atoms with Gasteiger partial charge in [0.2, 0.25) is 6.79 Å². The third-order valence-corrected chi connectivity index (χ3v) is 4.91. The molecule has 0 bridgehead atoms. The van der Waals surface area contributed by atoms with Crippen LogP contribution >= 0.6 is 0 Å². The number of fused-ring (bicyclic) bond motifs is 1. The fourth-order valence-electron chi connectivity index (χ4n) is 2.69. The second-order valence-electron chi connectivity index (χ2n) is 5.25. The van der Waals surface area contributed by atoms with E-state index in [9.17, 15) is 13.2 Å². The number of carboxylic acids is 1. The summed E-state index contributed by atoms with van der Waals surface area (Å²) in [5, 5.41) is 12.1. The van der Waals surface area contributed by atoms with Crippen LogP contribution in [-0.2, 0) is 14.6 Å². The molecule has 1 saturated heterocycles. The van der Waals surface area contributed by atoms with Crippen molar-refractivity contribution in [3.8, 4) is 11.5 Å². The molecular weight excluding hydrogens is 298 g/mol. The van der Waals surface area contributed by atoms with Crippen molar-refractivity contribution in [2.75, 3.05) is 19.6 Å². The van der Waals surface area contributed by atoms with Crippen LogP contribution in [0.2, 0.25) is 0 Å². The van der Waals surface area contributed by atoms with Gasteiger partial charge >= 0.3 is 5.97 Å². The fraction of sp³-hybridized carbons (Fsp3) is 0.462. The summed E-state index contributed by atoms with van der Waals surface area (Å²) < 4.78 is 34.5. The molecular formula is C13H15NO6S. The molecule has 2 aliphatic heterocycles. The molecule has 0 saturated carbocycles. The molecule has 1 aromatic rings. The third-order valence-electron chi connectivity index (χ3n) is 3.76. The van der Waals surface area contributed by atoms with E-state index in [2.05, 4.69) is 5.32 Å². The average Bonchev–Trinajstić information content (AvgIpc) is 3.04. The molecule has 1 fully saturated rings. The SMILES string of the molecule is CS(=O)(=O)c1cc2c(cc1C1CC(C(=O)O)CN1)OCO2. The molecule has 2 aliphatic rings. The van der Waals surface area contributed by atoms with E-state index in [1.165, 1.54) is 6.07 Å². The number of benzene rings is 1. The van der Waals surface area contributed by atoms with Gasteiger partial charge < -0.3 is 19.9 Å². The summed E-state index contributed by atoms with van der Waals surface area (Å²) in [7, 11) is -3.45. The van der Waals surface area contributed by atoms with Crippen molar-refractivity contribution in [2.45, 2.75) is 17.4 Å². The number of rotatable bonds is 3. The maximum Gasteiger partial charge on any atom is 0.307 e.